The Bertz CT molecular complexity index is 3690. The van der Waals surface area contributed by atoms with Crippen molar-refractivity contribution in [3.05, 3.63) is 274 Å². The summed E-state index contributed by atoms with van der Waals surface area (Å²) >= 11 is 0. The van der Waals surface area contributed by atoms with Crippen LogP contribution in [0.15, 0.2) is 218 Å². The molecule has 0 atom stereocenters. The van der Waals surface area contributed by atoms with Gasteiger partial charge in [-0.15, -0.1) is 0 Å². The van der Waals surface area contributed by atoms with Gasteiger partial charge >= 0.3 is 0 Å². The highest BCUT2D eigenvalue weighted by atomic mass is 15.1. The van der Waals surface area contributed by atoms with Crippen molar-refractivity contribution in [2.24, 2.45) is 0 Å². The molecule has 0 aromatic heterocycles. The van der Waals surface area contributed by atoms with Crippen LogP contribution in [0, 0.1) is 0 Å². The van der Waals surface area contributed by atoms with E-state index in [2.05, 4.69) is 322 Å². The van der Waals surface area contributed by atoms with Crippen molar-refractivity contribution in [2.45, 2.75) is 90.9 Å². The zero-order chi connectivity index (χ0) is 54.1. The van der Waals surface area contributed by atoms with E-state index in [4.69, 9.17) is 0 Å². The fourth-order valence-corrected chi connectivity index (χ4v) is 12.3. The molecule has 2 aliphatic rings. The molecule has 0 aliphatic heterocycles. The monoisotopic (exact) mass is 1010 g/mol. The van der Waals surface area contributed by atoms with Crippen LogP contribution in [-0.2, 0) is 21.7 Å². The average molecular weight is 1010 g/mol. The second-order valence-corrected chi connectivity index (χ2v) is 24.7. The zero-order valence-electron chi connectivity index (χ0n) is 47.0. The molecule has 0 spiro atoms. The number of anilines is 6. The van der Waals surface area contributed by atoms with Gasteiger partial charge in [0.25, 0.3) is 0 Å². The molecule has 384 valence electrons. The standard InChI is InChI=1S/C76H70N2/c1-73(2,3)55-33-37-59(38-34-55)77(57-21-13-11-14-22-57)61-41-45-67-65-43-29-51(47-69(65)75(7,8)71(67)49-61)27-31-53-19-17-26-64-54(20-18-25-63(53)64)32-28-52-30-44-66-68-46-42-62(50-72(68)76(9,10)70(66)48-52)78(58-23-15-12-16-24-58)60-39-35-56(36-40-60)74(4,5)6/h11-50H,1-10H3. The minimum Gasteiger partial charge on any atom is -0.310 e. The van der Waals surface area contributed by atoms with E-state index in [1.165, 1.54) is 88.7 Å². The highest BCUT2D eigenvalue weighted by molar-refractivity contribution is 5.99. The van der Waals surface area contributed by atoms with Crippen LogP contribution in [0.2, 0.25) is 0 Å². The van der Waals surface area contributed by atoms with E-state index >= 15 is 0 Å². The highest BCUT2D eigenvalue weighted by Crippen LogP contribution is 2.53. The van der Waals surface area contributed by atoms with E-state index in [1.807, 2.05) is 0 Å². The van der Waals surface area contributed by atoms with E-state index in [9.17, 15) is 0 Å². The molecule has 2 nitrogen and oxygen atoms in total. The van der Waals surface area contributed by atoms with Crippen molar-refractivity contribution in [2.75, 3.05) is 9.80 Å². The van der Waals surface area contributed by atoms with Gasteiger partial charge < -0.3 is 9.80 Å². The maximum atomic E-state index is 2.42. The van der Waals surface area contributed by atoms with Crippen molar-refractivity contribution in [1.82, 2.24) is 0 Å². The molecule has 10 aromatic carbocycles. The Morgan fingerprint density at radius 1 is 0.295 bits per heavy atom. The fourth-order valence-electron chi connectivity index (χ4n) is 12.3. The Balaban J connectivity index is 0.796. The lowest BCUT2D eigenvalue weighted by atomic mass is 9.81. The molecule has 0 N–H and O–H groups in total. The molecule has 0 unspecified atom stereocenters. The number of hydrogen-bond donors (Lipinski definition) is 0. The van der Waals surface area contributed by atoms with Gasteiger partial charge in [0.2, 0.25) is 0 Å². The summed E-state index contributed by atoms with van der Waals surface area (Å²) in [4.78, 5) is 4.78. The maximum absolute atomic E-state index is 2.42. The van der Waals surface area contributed by atoms with Crippen LogP contribution in [0.25, 0.3) is 57.3 Å². The molecule has 10 aromatic rings. The SMILES string of the molecule is CC(C)(C)c1ccc(N(c2ccccc2)c2ccc3c(c2)C(C)(C)c2cc(C=Cc4cccc5c(C=Cc6ccc7c(c6)C(C)(C)c6cc(N(c8ccccc8)c8ccc(C(C)(C)C)cc8)ccc6-7)cccc45)ccc2-3)cc1. The number of fused-ring (bicyclic) bond motifs is 7. The first-order chi connectivity index (χ1) is 37.4. The summed E-state index contributed by atoms with van der Waals surface area (Å²) in [7, 11) is 0. The quantitative estimate of drug-likeness (QED) is 0.126. The van der Waals surface area contributed by atoms with E-state index in [-0.39, 0.29) is 21.7 Å². The van der Waals surface area contributed by atoms with E-state index < -0.39 is 0 Å². The lowest BCUT2D eigenvalue weighted by Gasteiger charge is -2.29. The predicted molar refractivity (Wildman–Crippen MR) is 337 cm³/mol. The van der Waals surface area contributed by atoms with Gasteiger partial charge in [0.05, 0.1) is 0 Å². The van der Waals surface area contributed by atoms with Gasteiger partial charge in [-0.3, -0.25) is 0 Å². The topological polar surface area (TPSA) is 6.48 Å². The van der Waals surface area contributed by atoms with Crippen molar-refractivity contribution < 1.29 is 0 Å². The molecular formula is C76H70N2. The minimum absolute atomic E-state index is 0.0867. The number of nitrogens with zero attached hydrogens (tertiary/aromatic N) is 2. The van der Waals surface area contributed by atoms with Crippen LogP contribution in [0.5, 0.6) is 0 Å². The molecule has 0 amide bonds. The van der Waals surface area contributed by atoms with E-state index in [0.29, 0.717) is 0 Å². The molecule has 12 rings (SSSR count). The first-order valence-corrected chi connectivity index (χ1v) is 27.8. The summed E-state index contributed by atoms with van der Waals surface area (Å²) in [5.74, 6) is 0. The second kappa shape index (κ2) is 19.2. The smallest absolute Gasteiger partial charge is 0.0465 e. The minimum atomic E-state index is -0.185. The molecule has 0 bridgehead atoms. The molecule has 0 fully saturated rings. The van der Waals surface area contributed by atoms with Crippen molar-refractivity contribution >= 4 is 69.2 Å². The molecule has 2 heteroatoms. The van der Waals surface area contributed by atoms with Gasteiger partial charge in [-0.1, -0.05) is 239 Å². The van der Waals surface area contributed by atoms with Gasteiger partial charge in [-0.25, -0.2) is 0 Å². The van der Waals surface area contributed by atoms with Crippen LogP contribution in [0.3, 0.4) is 0 Å². The summed E-state index contributed by atoms with van der Waals surface area (Å²) in [6.45, 7) is 23.2. The van der Waals surface area contributed by atoms with Crippen molar-refractivity contribution in [1.29, 1.82) is 0 Å². The molecule has 2 aliphatic carbocycles. The summed E-state index contributed by atoms with van der Waals surface area (Å²) in [6.07, 6.45) is 9.16. The Morgan fingerprint density at radius 2 is 0.615 bits per heavy atom. The second-order valence-electron chi connectivity index (χ2n) is 24.7. The third-order valence-electron chi connectivity index (χ3n) is 16.8. The van der Waals surface area contributed by atoms with Gasteiger partial charge in [0.15, 0.2) is 0 Å². The van der Waals surface area contributed by atoms with Gasteiger partial charge in [-0.2, -0.15) is 0 Å². The molecule has 78 heavy (non-hydrogen) atoms. The lowest BCUT2D eigenvalue weighted by Crippen LogP contribution is -2.17. The van der Waals surface area contributed by atoms with Crippen LogP contribution in [0.1, 0.15) is 125 Å². The zero-order valence-corrected chi connectivity index (χ0v) is 47.0. The molecular weight excluding hydrogens is 941 g/mol. The Morgan fingerprint density at radius 3 is 0.974 bits per heavy atom. The Labute approximate surface area is 463 Å². The summed E-state index contributed by atoms with van der Waals surface area (Å²) in [5.41, 5.74) is 24.9. The van der Waals surface area contributed by atoms with Gasteiger partial charge in [-0.05, 0) is 172 Å². The van der Waals surface area contributed by atoms with Crippen LogP contribution >= 0.6 is 0 Å². The van der Waals surface area contributed by atoms with Crippen LogP contribution in [-0.4, -0.2) is 0 Å². The molecule has 0 radical (unpaired) electrons. The Hall–Kier alpha value is -8.46. The van der Waals surface area contributed by atoms with Crippen molar-refractivity contribution in [3.8, 4) is 22.3 Å². The molecule has 0 saturated heterocycles. The summed E-state index contributed by atoms with van der Waals surface area (Å²) in [5, 5.41) is 2.48. The number of benzene rings is 10. The van der Waals surface area contributed by atoms with Crippen LogP contribution in [0.4, 0.5) is 34.1 Å². The lowest BCUT2D eigenvalue weighted by molar-refractivity contribution is 0.590. The summed E-state index contributed by atoms with van der Waals surface area (Å²) in [6, 6.07) is 81.2. The Kier molecular flexibility index (Phi) is 12.4. The first kappa shape index (κ1) is 50.4. The van der Waals surface area contributed by atoms with Crippen LogP contribution < -0.4 is 9.80 Å². The maximum Gasteiger partial charge on any atom is 0.0465 e. The molecule has 0 heterocycles. The normalized spacial score (nSPS) is 14.1. The largest absolute Gasteiger partial charge is 0.310 e. The van der Waals surface area contributed by atoms with E-state index in [0.717, 1.165) is 34.1 Å². The van der Waals surface area contributed by atoms with Gasteiger partial charge in [0, 0.05) is 45.0 Å². The fraction of sp³-hybridized carbons (Fsp3) is 0.184. The highest BCUT2D eigenvalue weighted by Gasteiger charge is 2.38. The van der Waals surface area contributed by atoms with E-state index in [1.54, 1.807) is 0 Å². The van der Waals surface area contributed by atoms with Gasteiger partial charge in [0.1, 0.15) is 0 Å². The summed E-state index contributed by atoms with van der Waals surface area (Å²) < 4.78 is 0. The average Bonchev–Trinajstić information content (AvgIpc) is 4.07. The predicted octanol–water partition coefficient (Wildman–Crippen LogP) is 21.3. The number of hydrogen-bond acceptors (Lipinski definition) is 2. The first-order valence-electron chi connectivity index (χ1n) is 27.8. The number of rotatable bonds is 10. The third-order valence-corrected chi connectivity index (χ3v) is 16.8. The molecule has 0 saturated carbocycles. The number of para-hydroxylation sites is 2. The third kappa shape index (κ3) is 9.07. The van der Waals surface area contributed by atoms with Crippen molar-refractivity contribution in [3.63, 3.8) is 0 Å².